The molecule has 0 atom stereocenters. The molecular formula is C16H13Cl2N3O. The van der Waals surface area contributed by atoms with E-state index < -0.39 is 0 Å². The first kappa shape index (κ1) is 16.2. The molecule has 0 aliphatic carbocycles. The van der Waals surface area contributed by atoms with Gasteiger partial charge in [0, 0.05) is 16.4 Å². The fraction of sp³-hybridized carbons (Fsp3) is 0.125. The standard InChI is InChI=1S/C16H13Cl2N3O/c1-10-13(17)3-2-4-15(10)20-9-16(22)21-12-6-5-11(8-19)14(18)7-12/h2-7,20H,9H2,1H3,(H,21,22). The van der Waals surface area contributed by atoms with Crippen molar-refractivity contribution < 1.29 is 4.79 Å². The van der Waals surface area contributed by atoms with Crippen LogP contribution in [-0.2, 0) is 4.79 Å². The number of halogens is 2. The van der Waals surface area contributed by atoms with E-state index in [1.807, 2.05) is 25.1 Å². The van der Waals surface area contributed by atoms with Crippen LogP contribution in [0, 0.1) is 18.3 Å². The summed E-state index contributed by atoms with van der Waals surface area (Å²) in [5.74, 6) is -0.222. The van der Waals surface area contributed by atoms with E-state index in [0.717, 1.165) is 11.3 Å². The van der Waals surface area contributed by atoms with Crippen LogP contribution in [0.15, 0.2) is 36.4 Å². The minimum absolute atomic E-state index is 0.0960. The summed E-state index contributed by atoms with van der Waals surface area (Å²) in [7, 11) is 0. The number of nitriles is 1. The van der Waals surface area contributed by atoms with E-state index in [4.69, 9.17) is 28.5 Å². The lowest BCUT2D eigenvalue weighted by Gasteiger charge is -2.11. The predicted octanol–water partition coefficient (Wildman–Crippen LogP) is 4.22. The summed E-state index contributed by atoms with van der Waals surface area (Å²) < 4.78 is 0. The normalized spacial score (nSPS) is 9.91. The van der Waals surface area contributed by atoms with Gasteiger partial charge in [-0.1, -0.05) is 29.3 Å². The topological polar surface area (TPSA) is 64.9 Å². The third kappa shape index (κ3) is 3.91. The van der Waals surface area contributed by atoms with Crippen molar-refractivity contribution >= 4 is 40.5 Å². The van der Waals surface area contributed by atoms with Crippen LogP contribution in [0.2, 0.25) is 10.0 Å². The SMILES string of the molecule is Cc1c(Cl)cccc1NCC(=O)Nc1ccc(C#N)c(Cl)c1. The van der Waals surface area contributed by atoms with Crippen LogP contribution < -0.4 is 10.6 Å². The highest BCUT2D eigenvalue weighted by Gasteiger charge is 2.07. The number of amides is 1. The lowest BCUT2D eigenvalue weighted by molar-refractivity contribution is -0.114. The number of hydrogen-bond donors (Lipinski definition) is 2. The number of benzene rings is 2. The molecule has 0 bridgehead atoms. The Morgan fingerprint density at radius 1 is 1.23 bits per heavy atom. The summed E-state index contributed by atoms with van der Waals surface area (Å²) in [6.07, 6.45) is 0. The number of anilines is 2. The molecule has 6 heteroatoms. The Kier molecular flexibility index (Phi) is 5.26. The molecule has 0 fully saturated rings. The highest BCUT2D eigenvalue weighted by molar-refractivity contribution is 6.32. The average Bonchev–Trinajstić information content (AvgIpc) is 2.49. The largest absolute Gasteiger partial charge is 0.376 e. The number of carbonyl (C=O) groups is 1. The molecule has 0 spiro atoms. The van der Waals surface area contributed by atoms with Crippen LogP contribution in [0.4, 0.5) is 11.4 Å². The van der Waals surface area contributed by atoms with E-state index in [0.29, 0.717) is 21.3 Å². The molecular weight excluding hydrogens is 321 g/mol. The minimum atomic E-state index is -0.222. The first-order chi connectivity index (χ1) is 10.5. The molecule has 0 radical (unpaired) electrons. The fourth-order valence-electron chi connectivity index (χ4n) is 1.86. The van der Waals surface area contributed by atoms with Crippen molar-refractivity contribution in [1.82, 2.24) is 0 Å². The van der Waals surface area contributed by atoms with Gasteiger partial charge < -0.3 is 10.6 Å². The van der Waals surface area contributed by atoms with Crippen LogP contribution >= 0.6 is 23.2 Å². The van der Waals surface area contributed by atoms with Gasteiger partial charge in [-0.05, 0) is 42.8 Å². The Hall–Kier alpha value is -2.22. The molecule has 22 heavy (non-hydrogen) atoms. The molecule has 2 rings (SSSR count). The number of carbonyl (C=O) groups excluding carboxylic acids is 1. The zero-order valence-electron chi connectivity index (χ0n) is 11.8. The van der Waals surface area contributed by atoms with Crippen LogP contribution in [-0.4, -0.2) is 12.5 Å². The molecule has 0 heterocycles. The summed E-state index contributed by atoms with van der Waals surface area (Å²) in [5, 5.41) is 15.5. The van der Waals surface area contributed by atoms with E-state index in [1.54, 1.807) is 24.3 Å². The van der Waals surface area contributed by atoms with E-state index in [1.165, 1.54) is 0 Å². The second-order valence-electron chi connectivity index (χ2n) is 4.62. The zero-order valence-corrected chi connectivity index (χ0v) is 13.3. The summed E-state index contributed by atoms with van der Waals surface area (Å²) >= 11 is 11.9. The fourth-order valence-corrected chi connectivity index (χ4v) is 2.26. The second-order valence-corrected chi connectivity index (χ2v) is 5.43. The summed E-state index contributed by atoms with van der Waals surface area (Å²) in [6, 6.07) is 12.2. The van der Waals surface area contributed by atoms with Crippen LogP contribution in [0.3, 0.4) is 0 Å². The number of nitrogens with one attached hydrogen (secondary N) is 2. The van der Waals surface area contributed by atoms with E-state index in [-0.39, 0.29) is 12.5 Å². The van der Waals surface area contributed by atoms with Crippen molar-refractivity contribution in [2.24, 2.45) is 0 Å². The van der Waals surface area contributed by atoms with Gasteiger partial charge in [-0.3, -0.25) is 4.79 Å². The molecule has 112 valence electrons. The molecule has 0 saturated heterocycles. The molecule has 0 saturated carbocycles. The average molecular weight is 334 g/mol. The van der Waals surface area contributed by atoms with Gasteiger partial charge in [0.15, 0.2) is 0 Å². The van der Waals surface area contributed by atoms with Crippen molar-refractivity contribution in [2.45, 2.75) is 6.92 Å². The van der Waals surface area contributed by atoms with E-state index in [2.05, 4.69) is 10.6 Å². The molecule has 2 aromatic carbocycles. The Morgan fingerprint density at radius 2 is 2.00 bits per heavy atom. The number of rotatable bonds is 4. The molecule has 2 aromatic rings. The monoisotopic (exact) mass is 333 g/mol. The van der Waals surface area contributed by atoms with Crippen molar-refractivity contribution in [3.8, 4) is 6.07 Å². The predicted molar refractivity (Wildman–Crippen MR) is 89.5 cm³/mol. The summed E-state index contributed by atoms with van der Waals surface area (Å²) in [5.41, 5.74) is 2.60. The molecule has 0 aliphatic heterocycles. The van der Waals surface area contributed by atoms with Gasteiger partial charge >= 0.3 is 0 Å². The molecule has 0 aromatic heterocycles. The van der Waals surface area contributed by atoms with Crippen molar-refractivity contribution in [3.05, 3.63) is 57.6 Å². The molecule has 4 nitrogen and oxygen atoms in total. The Bertz CT molecular complexity index is 754. The lowest BCUT2D eigenvalue weighted by atomic mass is 10.2. The van der Waals surface area contributed by atoms with Gasteiger partial charge in [-0.25, -0.2) is 0 Å². The van der Waals surface area contributed by atoms with Crippen molar-refractivity contribution in [1.29, 1.82) is 5.26 Å². The van der Waals surface area contributed by atoms with Crippen LogP contribution in [0.25, 0.3) is 0 Å². The van der Waals surface area contributed by atoms with Gasteiger partial charge in [0.25, 0.3) is 0 Å². The van der Waals surface area contributed by atoms with Gasteiger partial charge in [-0.15, -0.1) is 0 Å². The van der Waals surface area contributed by atoms with Crippen LogP contribution in [0.1, 0.15) is 11.1 Å². The Labute approximate surface area is 138 Å². The molecule has 2 N–H and O–H groups in total. The molecule has 0 aliphatic rings. The van der Waals surface area contributed by atoms with Crippen molar-refractivity contribution in [3.63, 3.8) is 0 Å². The summed E-state index contributed by atoms with van der Waals surface area (Å²) in [6.45, 7) is 1.97. The smallest absolute Gasteiger partial charge is 0.243 e. The Balaban J connectivity index is 1.97. The van der Waals surface area contributed by atoms with Gasteiger partial charge in [0.2, 0.25) is 5.91 Å². The first-order valence-electron chi connectivity index (χ1n) is 6.49. The second kappa shape index (κ2) is 7.17. The number of nitrogens with zero attached hydrogens (tertiary/aromatic N) is 1. The lowest BCUT2D eigenvalue weighted by Crippen LogP contribution is -2.22. The van der Waals surface area contributed by atoms with Crippen molar-refractivity contribution in [2.75, 3.05) is 17.2 Å². The third-order valence-corrected chi connectivity index (χ3v) is 3.80. The third-order valence-electron chi connectivity index (χ3n) is 3.08. The highest BCUT2D eigenvalue weighted by atomic mass is 35.5. The van der Waals surface area contributed by atoms with Gasteiger partial charge in [0.05, 0.1) is 17.1 Å². The van der Waals surface area contributed by atoms with Gasteiger partial charge in [0.1, 0.15) is 6.07 Å². The van der Waals surface area contributed by atoms with Gasteiger partial charge in [-0.2, -0.15) is 5.26 Å². The van der Waals surface area contributed by atoms with E-state index >= 15 is 0 Å². The first-order valence-corrected chi connectivity index (χ1v) is 7.25. The molecule has 1 amide bonds. The molecule has 0 unspecified atom stereocenters. The minimum Gasteiger partial charge on any atom is -0.376 e. The Morgan fingerprint density at radius 3 is 2.68 bits per heavy atom. The maximum atomic E-state index is 11.9. The quantitative estimate of drug-likeness (QED) is 0.880. The van der Waals surface area contributed by atoms with E-state index in [9.17, 15) is 4.79 Å². The van der Waals surface area contributed by atoms with Crippen LogP contribution in [0.5, 0.6) is 0 Å². The highest BCUT2D eigenvalue weighted by Crippen LogP contribution is 2.23. The maximum absolute atomic E-state index is 11.9. The zero-order chi connectivity index (χ0) is 16.1. The summed E-state index contributed by atoms with van der Waals surface area (Å²) in [4.78, 5) is 11.9. The number of hydrogen-bond acceptors (Lipinski definition) is 3. The maximum Gasteiger partial charge on any atom is 0.243 e.